The van der Waals surface area contributed by atoms with E-state index in [-0.39, 0.29) is 11.8 Å². The zero-order valence-corrected chi connectivity index (χ0v) is 10.7. The van der Waals surface area contributed by atoms with Gasteiger partial charge in [0.1, 0.15) is 5.82 Å². The van der Waals surface area contributed by atoms with Crippen LogP contribution in [0, 0.1) is 0 Å². The van der Waals surface area contributed by atoms with Crippen LogP contribution < -0.4 is 16.4 Å². The molecular formula is C13H18N4O2. The minimum atomic E-state index is -0.197. The van der Waals surface area contributed by atoms with E-state index in [1.165, 1.54) is 12.3 Å². The van der Waals surface area contributed by atoms with Crippen molar-refractivity contribution in [2.45, 2.75) is 31.7 Å². The normalized spacial score (nSPS) is 13.9. The van der Waals surface area contributed by atoms with Crippen molar-refractivity contribution < 1.29 is 9.59 Å². The Balaban J connectivity index is 1.64. The molecule has 6 heteroatoms. The quantitative estimate of drug-likeness (QED) is 0.648. The van der Waals surface area contributed by atoms with Gasteiger partial charge < -0.3 is 16.4 Å². The lowest BCUT2D eigenvalue weighted by atomic mass is 10.2. The SMILES string of the molecule is Nc1cc(C(=O)NCCCC(=O)NC2CC2)ccn1. The maximum Gasteiger partial charge on any atom is 0.251 e. The smallest absolute Gasteiger partial charge is 0.251 e. The number of hydrogen-bond acceptors (Lipinski definition) is 4. The van der Waals surface area contributed by atoms with Gasteiger partial charge in [-0.15, -0.1) is 0 Å². The van der Waals surface area contributed by atoms with E-state index in [0.717, 1.165) is 12.8 Å². The molecule has 4 N–H and O–H groups in total. The third-order valence-corrected chi connectivity index (χ3v) is 2.85. The molecule has 6 nitrogen and oxygen atoms in total. The lowest BCUT2D eigenvalue weighted by Gasteiger charge is -2.06. The predicted octanol–water partition coefficient (Wildman–Crippen LogP) is 0.452. The maximum absolute atomic E-state index is 11.7. The van der Waals surface area contributed by atoms with Crippen molar-refractivity contribution in [2.75, 3.05) is 12.3 Å². The number of nitrogens with two attached hydrogens (primary N) is 1. The van der Waals surface area contributed by atoms with Crippen LogP contribution in [0.25, 0.3) is 0 Å². The van der Waals surface area contributed by atoms with Gasteiger partial charge in [-0.1, -0.05) is 0 Å². The van der Waals surface area contributed by atoms with Crippen LogP contribution in [0.2, 0.25) is 0 Å². The second kappa shape index (κ2) is 6.17. The predicted molar refractivity (Wildman–Crippen MR) is 71.4 cm³/mol. The summed E-state index contributed by atoms with van der Waals surface area (Å²) in [5, 5.41) is 5.65. The van der Waals surface area contributed by atoms with E-state index in [4.69, 9.17) is 5.73 Å². The minimum absolute atomic E-state index is 0.0601. The van der Waals surface area contributed by atoms with E-state index in [1.54, 1.807) is 6.07 Å². The Labute approximate surface area is 111 Å². The molecule has 2 amide bonds. The van der Waals surface area contributed by atoms with Gasteiger partial charge in [-0.25, -0.2) is 4.98 Å². The third kappa shape index (κ3) is 4.57. The molecule has 1 aliphatic carbocycles. The Hall–Kier alpha value is -2.11. The fourth-order valence-electron chi connectivity index (χ4n) is 1.67. The monoisotopic (exact) mass is 262 g/mol. The van der Waals surface area contributed by atoms with Crippen molar-refractivity contribution in [1.29, 1.82) is 0 Å². The Bertz CT molecular complexity index is 471. The summed E-state index contributed by atoms with van der Waals surface area (Å²) < 4.78 is 0. The van der Waals surface area contributed by atoms with Crippen LogP contribution in [-0.2, 0) is 4.79 Å². The maximum atomic E-state index is 11.7. The molecule has 1 aromatic heterocycles. The van der Waals surface area contributed by atoms with Gasteiger partial charge in [0.2, 0.25) is 5.91 Å². The molecule has 0 aromatic carbocycles. The lowest BCUT2D eigenvalue weighted by molar-refractivity contribution is -0.121. The summed E-state index contributed by atoms with van der Waals surface area (Å²) in [6, 6.07) is 3.52. The van der Waals surface area contributed by atoms with Gasteiger partial charge in [0.25, 0.3) is 5.91 Å². The molecule has 1 aliphatic rings. The van der Waals surface area contributed by atoms with E-state index >= 15 is 0 Å². The topological polar surface area (TPSA) is 97.1 Å². The number of hydrogen-bond donors (Lipinski definition) is 3. The molecule has 0 spiro atoms. The molecule has 0 bridgehead atoms. The molecule has 1 fully saturated rings. The number of nitrogen functional groups attached to an aromatic ring is 1. The van der Waals surface area contributed by atoms with Crippen LogP contribution in [0.4, 0.5) is 5.82 Å². The van der Waals surface area contributed by atoms with Gasteiger partial charge in [-0.2, -0.15) is 0 Å². The first-order valence-electron chi connectivity index (χ1n) is 6.44. The first kappa shape index (κ1) is 13.3. The van der Waals surface area contributed by atoms with Gasteiger partial charge in [0.15, 0.2) is 0 Å². The summed E-state index contributed by atoms with van der Waals surface area (Å²) in [6.07, 6.45) is 4.74. The van der Waals surface area contributed by atoms with Crippen LogP contribution in [0.3, 0.4) is 0 Å². The number of nitrogens with one attached hydrogen (secondary N) is 2. The number of pyridine rings is 1. The van der Waals surface area contributed by atoms with Crippen LogP contribution in [0.15, 0.2) is 18.3 Å². The molecule has 19 heavy (non-hydrogen) atoms. The van der Waals surface area contributed by atoms with Crippen LogP contribution >= 0.6 is 0 Å². The van der Waals surface area contributed by atoms with E-state index in [9.17, 15) is 9.59 Å². The number of carbonyl (C=O) groups is 2. The third-order valence-electron chi connectivity index (χ3n) is 2.85. The van der Waals surface area contributed by atoms with Crippen molar-refractivity contribution in [3.05, 3.63) is 23.9 Å². The molecule has 1 heterocycles. The molecular weight excluding hydrogens is 244 g/mol. The molecule has 102 valence electrons. The summed E-state index contributed by atoms with van der Waals surface area (Å²) in [6.45, 7) is 0.471. The van der Waals surface area contributed by atoms with Gasteiger partial charge in [-0.3, -0.25) is 9.59 Å². The minimum Gasteiger partial charge on any atom is -0.384 e. The average Bonchev–Trinajstić information content (AvgIpc) is 3.18. The van der Waals surface area contributed by atoms with E-state index in [0.29, 0.717) is 36.8 Å². The van der Waals surface area contributed by atoms with Gasteiger partial charge in [0.05, 0.1) is 0 Å². The van der Waals surface area contributed by atoms with Crippen LogP contribution in [0.5, 0.6) is 0 Å². The summed E-state index contributed by atoms with van der Waals surface area (Å²) in [5.41, 5.74) is 5.98. The Kier molecular flexibility index (Phi) is 4.33. The largest absolute Gasteiger partial charge is 0.384 e. The Morgan fingerprint density at radius 2 is 2.21 bits per heavy atom. The van der Waals surface area contributed by atoms with E-state index < -0.39 is 0 Å². The van der Waals surface area contributed by atoms with Gasteiger partial charge in [-0.05, 0) is 31.4 Å². The molecule has 0 aliphatic heterocycles. The zero-order valence-electron chi connectivity index (χ0n) is 10.7. The highest BCUT2D eigenvalue weighted by molar-refractivity contribution is 5.94. The number of anilines is 1. The Morgan fingerprint density at radius 3 is 2.89 bits per heavy atom. The summed E-state index contributed by atoms with van der Waals surface area (Å²) in [7, 11) is 0. The number of amides is 2. The highest BCUT2D eigenvalue weighted by Gasteiger charge is 2.22. The molecule has 2 rings (SSSR count). The zero-order chi connectivity index (χ0) is 13.7. The second-order valence-corrected chi connectivity index (χ2v) is 4.67. The van der Waals surface area contributed by atoms with E-state index in [2.05, 4.69) is 15.6 Å². The van der Waals surface area contributed by atoms with Crippen molar-refractivity contribution in [2.24, 2.45) is 0 Å². The number of aromatic nitrogens is 1. The molecule has 1 saturated carbocycles. The van der Waals surface area contributed by atoms with Crippen LogP contribution in [-0.4, -0.2) is 29.4 Å². The molecule has 1 aromatic rings. The van der Waals surface area contributed by atoms with E-state index in [1.807, 2.05) is 0 Å². The number of rotatable bonds is 6. The lowest BCUT2D eigenvalue weighted by Crippen LogP contribution is -2.28. The van der Waals surface area contributed by atoms with Crippen LogP contribution in [0.1, 0.15) is 36.0 Å². The summed E-state index contributed by atoms with van der Waals surface area (Å²) in [4.78, 5) is 27.0. The highest BCUT2D eigenvalue weighted by atomic mass is 16.2. The fourth-order valence-corrected chi connectivity index (χ4v) is 1.67. The molecule has 0 radical (unpaired) electrons. The summed E-state index contributed by atoms with van der Waals surface area (Å²) in [5.74, 6) is 0.179. The average molecular weight is 262 g/mol. The molecule has 0 unspecified atom stereocenters. The summed E-state index contributed by atoms with van der Waals surface area (Å²) >= 11 is 0. The number of nitrogens with zero attached hydrogens (tertiary/aromatic N) is 1. The number of carbonyl (C=O) groups excluding carboxylic acids is 2. The van der Waals surface area contributed by atoms with Crippen molar-refractivity contribution in [1.82, 2.24) is 15.6 Å². The van der Waals surface area contributed by atoms with Crippen molar-refractivity contribution >= 4 is 17.6 Å². The van der Waals surface area contributed by atoms with Gasteiger partial charge >= 0.3 is 0 Å². The standard InChI is InChI=1S/C13H18N4O2/c14-11-8-9(5-7-15-11)13(19)16-6-1-2-12(18)17-10-3-4-10/h5,7-8,10H,1-4,6H2,(H2,14,15)(H,16,19)(H,17,18). The Morgan fingerprint density at radius 1 is 1.42 bits per heavy atom. The highest BCUT2D eigenvalue weighted by Crippen LogP contribution is 2.18. The first-order valence-corrected chi connectivity index (χ1v) is 6.44. The second-order valence-electron chi connectivity index (χ2n) is 4.67. The fraction of sp³-hybridized carbons (Fsp3) is 0.462. The van der Waals surface area contributed by atoms with Crippen molar-refractivity contribution in [3.63, 3.8) is 0 Å². The van der Waals surface area contributed by atoms with Crippen molar-refractivity contribution in [3.8, 4) is 0 Å². The first-order chi connectivity index (χ1) is 9.15. The molecule has 0 atom stereocenters. The molecule has 0 saturated heterocycles. The van der Waals surface area contributed by atoms with Gasteiger partial charge in [0, 0.05) is 30.8 Å².